The largest absolute Gasteiger partial charge is 0.489 e. The Kier molecular flexibility index (Phi) is 6.35. The first-order valence-electron chi connectivity index (χ1n) is 9.99. The van der Waals surface area contributed by atoms with Gasteiger partial charge in [0.05, 0.1) is 5.56 Å². The predicted molar refractivity (Wildman–Crippen MR) is 115 cm³/mol. The number of hydrogen-bond donors (Lipinski definition) is 0. The lowest BCUT2D eigenvalue weighted by Crippen LogP contribution is -2.48. The van der Waals surface area contributed by atoms with Crippen molar-refractivity contribution in [2.24, 2.45) is 0 Å². The molecule has 1 saturated heterocycles. The zero-order valence-corrected chi connectivity index (χ0v) is 17.6. The minimum atomic E-state index is -0.115. The summed E-state index contributed by atoms with van der Waals surface area (Å²) in [6, 6.07) is 17.5. The number of halogens is 1. The first kappa shape index (κ1) is 20.4. The molecule has 6 nitrogen and oxygen atoms in total. The molecule has 0 bridgehead atoms. The Morgan fingerprint density at radius 1 is 1.10 bits per heavy atom. The average Bonchev–Trinajstić information content (AvgIpc) is 3.13. The van der Waals surface area contributed by atoms with E-state index in [0.29, 0.717) is 40.9 Å². The molecular weight excluding hydrogens is 402 g/mol. The fourth-order valence-corrected chi connectivity index (χ4v) is 3.72. The molecule has 7 heteroatoms. The summed E-state index contributed by atoms with van der Waals surface area (Å²) < 4.78 is 11.1. The maximum absolute atomic E-state index is 13.1. The molecule has 0 atom stereocenters. The third-order valence-electron chi connectivity index (χ3n) is 5.28. The van der Waals surface area contributed by atoms with E-state index in [-0.39, 0.29) is 12.5 Å². The van der Waals surface area contributed by atoms with Crippen LogP contribution in [0, 0.1) is 6.92 Å². The van der Waals surface area contributed by atoms with Crippen molar-refractivity contribution in [3.05, 3.63) is 82.2 Å². The molecule has 1 aliphatic heterocycles. The molecule has 0 saturated carbocycles. The second-order valence-corrected chi connectivity index (χ2v) is 7.80. The van der Waals surface area contributed by atoms with E-state index in [1.807, 2.05) is 23.1 Å². The molecule has 1 aliphatic rings. The van der Waals surface area contributed by atoms with Gasteiger partial charge in [0.25, 0.3) is 5.91 Å². The standard InChI is InChI=1S/C23H24ClN3O3/c1-17-21(16-29-20-9-5-8-19(24)14-20)22(25-30-17)23(28)27-12-10-26(11-13-27)15-18-6-3-2-4-7-18/h2-9,14H,10-13,15-16H2,1H3. The summed E-state index contributed by atoms with van der Waals surface area (Å²) in [5.74, 6) is 1.11. The van der Waals surface area contributed by atoms with Crippen LogP contribution in [0.3, 0.4) is 0 Å². The highest BCUT2D eigenvalue weighted by molar-refractivity contribution is 6.30. The number of hydrogen-bond acceptors (Lipinski definition) is 5. The number of piperazine rings is 1. The Labute approximate surface area is 181 Å². The summed E-state index contributed by atoms with van der Waals surface area (Å²) in [4.78, 5) is 17.3. The van der Waals surface area contributed by atoms with E-state index >= 15 is 0 Å². The van der Waals surface area contributed by atoms with Gasteiger partial charge >= 0.3 is 0 Å². The van der Waals surface area contributed by atoms with E-state index in [2.05, 4.69) is 34.3 Å². The van der Waals surface area contributed by atoms with Crippen LogP contribution in [0.25, 0.3) is 0 Å². The second-order valence-electron chi connectivity index (χ2n) is 7.37. The number of benzene rings is 2. The Morgan fingerprint density at radius 2 is 1.87 bits per heavy atom. The van der Waals surface area contributed by atoms with Gasteiger partial charge in [-0.1, -0.05) is 53.2 Å². The molecule has 0 spiro atoms. The summed E-state index contributed by atoms with van der Waals surface area (Å²) in [6.45, 7) is 5.85. The lowest BCUT2D eigenvalue weighted by molar-refractivity contribution is 0.0616. The van der Waals surface area contributed by atoms with Crippen LogP contribution >= 0.6 is 11.6 Å². The van der Waals surface area contributed by atoms with Crippen molar-refractivity contribution in [3.8, 4) is 5.75 Å². The van der Waals surface area contributed by atoms with Crippen molar-refractivity contribution in [3.63, 3.8) is 0 Å². The highest BCUT2D eigenvalue weighted by Crippen LogP contribution is 2.22. The number of amides is 1. The summed E-state index contributed by atoms with van der Waals surface area (Å²) in [5, 5.41) is 4.62. The Morgan fingerprint density at radius 3 is 2.60 bits per heavy atom. The van der Waals surface area contributed by atoms with Gasteiger partial charge in [-0.15, -0.1) is 0 Å². The lowest BCUT2D eigenvalue weighted by atomic mass is 10.1. The van der Waals surface area contributed by atoms with E-state index in [9.17, 15) is 4.79 Å². The number of aryl methyl sites for hydroxylation is 1. The maximum atomic E-state index is 13.1. The Hall–Kier alpha value is -2.83. The lowest BCUT2D eigenvalue weighted by Gasteiger charge is -2.34. The minimum absolute atomic E-state index is 0.115. The SMILES string of the molecule is Cc1onc(C(=O)N2CCN(Cc3ccccc3)CC2)c1COc1cccc(Cl)c1. The van der Waals surface area contributed by atoms with Crippen LogP contribution in [0.1, 0.15) is 27.4 Å². The average molecular weight is 426 g/mol. The van der Waals surface area contributed by atoms with Gasteiger partial charge in [0.1, 0.15) is 18.1 Å². The Balaban J connectivity index is 1.37. The topological polar surface area (TPSA) is 58.8 Å². The predicted octanol–water partition coefficient (Wildman–Crippen LogP) is 4.17. The van der Waals surface area contributed by atoms with E-state index in [0.717, 1.165) is 19.6 Å². The quantitative estimate of drug-likeness (QED) is 0.593. The summed E-state index contributed by atoms with van der Waals surface area (Å²) in [5.41, 5.74) is 2.28. The van der Waals surface area contributed by atoms with Crippen molar-refractivity contribution in [2.45, 2.75) is 20.1 Å². The van der Waals surface area contributed by atoms with Crippen LogP contribution in [-0.4, -0.2) is 47.0 Å². The van der Waals surface area contributed by atoms with Crippen LogP contribution in [-0.2, 0) is 13.2 Å². The minimum Gasteiger partial charge on any atom is -0.489 e. The van der Waals surface area contributed by atoms with Gasteiger partial charge in [0, 0.05) is 37.7 Å². The van der Waals surface area contributed by atoms with Crippen molar-refractivity contribution >= 4 is 17.5 Å². The van der Waals surface area contributed by atoms with Gasteiger partial charge < -0.3 is 14.2 Å². The smallest absolute Gasteiger partial charge is 0.276 e. The van der Waals surface area contributed by atoms with Crippen LogP contribution in [0.2, 0.25) is 5.02 Å². The highest BCUT2D eigenvalue weighted by atomic mass is 35.5. The zero-order chi connectivity index (χ0) is 20.9. The highest BCUT2D eigenvalue weighted by Gasteiger charge is 2.28. The molecule has 1 fully saturated rings. The molecule has 0 radical (unpaired) electrons. The molecule has 1 aromatic heterocycles. The van der Waals surface area contributed by atoms with Crippen molar-refractivity contribution < 1.29 is 14.1 Å². The van der Waals surface area contributed by atoms with Crippen LogP contribution in [0.15, 0.2) is 59.1 Å². The number of aromatic nitrogens is 1. The monoisotopic (exact) mass is 425 g/mol. The van der Waals surface area contributed by atoms with Gasteiger partial charge in [0.2, 0.25) is 0 Å². The summed E-state index contributed by atoms with van der Waals surface area (Å²) >= 11 is 6.01. The molecule has 156 valence electrons. The maximum Gasteiger partial charge on any atom is 0.276 e. The molecule has 2 aromatic carbocycles. The second kappa shape index (κ2) is 9.32. The van der Waals surface area contributed by atoms with Crippen molar-refractivity contribution in [1.29, 1.82) is 0 Å². The summed E-state index contributed by atoms with van der Waals surface area (Å²) in [7, 11) is 0. The zero-order valence-electron chi connectivity index (χ0n) is 16.9. The Bertz CT molecular complexity index is 998. The van der Waals surface area contributed by atoms with E-state index in [4.69, 9.17) is 20.9 Å². The van der Waals surface area contributed by atoms with Crippen LogP contribution in [0.5, 0.6) is 5.75 Å². The number of ether oxygens (including phenoxy) is 1. The van der Waals surface area contributed by atoms with Gasteiger partial charge in [-0.05, 0) is 30.7 Å². The molecular formula is C23H24ClN3O3. The van der Waals surface area contributed by atoms with Gasteiger partial charge in [-0.2, -0.15) is 0 Å². The first-order chi connectivity index (χ1) is 14.6. The van der Waals surface area contributed by atoms with E-state index in [1.54, 1.807) is 19.1 Å². The normalized spacial score (nSPS) is 14.7. The van der Waals surface area contributed by atoms with Gasteiger partial charge in [-0.3, -0.25) is 9.69 Å². The summed E-state index contributed by atoms with van der Waals surface area (Å²) in [6.07, 6.45) is 0. The number of carbonyl (C=O) groups is 1. The molecule has 2 heterocycles. The number of rotatable bonds is 6. The van der Waals surface area contributed by atoms with Crippen LogP contribution < -0.4 is 4.74 Å². The molecule has 0 N–H and O–H groups in total. The first-order valence-corrected chi connectivity index (χ1v) is 10.4. The molecule has 4 rings (SSSR count). The molecule has 1 amide bonds. The van der Waals surface area contributed by atoms with Crippen LogP contribution in [0.4, 0.5) is 0 Å². The van der Waals surface area contributed by atoms with Gasteiger partial charge in [0.15, 0.2) is 5.69 Å². The number of carbonyl (C=O) groups excluding carboxylic acids is 1. The molecule has 0 aliphatic carbocycles. The fourth-order valence-electron chi connectivity index (χ4n) is 3.54. The molecule has 3 aromatic rings. The van der Waals surface area contributed by atoms with Crippen molar-refractivity contribution in [1.82, 2.24) is 15.0 Å². The number of nitrogens with zero attached hydrogens (tertiary/aromatic N) is 3. The third-order valence-corrected chi connectivity index (χ3v) is 5.51. The van der Waals surface area contributed by atoms with Gasteiger partial charge in [-0.25, -0.2) is 0 Å². The fraction of sp³-hybridized carbons (Fsp3) is 0.304. The van der Waals surface area contributed by atoms with E-state index < -0.39 is 0 Å². The molecule has 0 unspecified atom stereocenters. The third kappa shape index (κ3) is 4.83. The van der Waals surface area contributed by atoms with E-state index in [1.165, 1.54) is 5.56 Å². The van der Waals surface area contributed by atoms with Crippen molar-refractivity contribution in [2.75, 3.05) is 26.2 Å². The molecule has 30 heavy (non-hydrogen) atoms.